The zero-order chi connectivity index (χ0) is 23.7. The lowest BCUT2D eigenvalue weighted by Crippen LogP contribution is -2.27. The SMILES string of the molecule is CCOc1ccc(S(=O)(=O)Nc2ccccc2C(=O)NCCc2ccccc2)cc1OCC. The summed E-state index contributed by atoms with van der Waals surface area (Å²) in [7, 11) is -3.97. The van der Waals surface area contributed by atoms with Crippen LogP contribution in [0.5, 0.6) is 11.5 Å². The molecule has 0 spiro atoms. The maximum atomic E-state index is 13.1. The van der Waals surface area contributed by atoms with Gasteiger partial charge in [-0.05, 0) is 50.1 Å². The molecular weight excluding hydrogens is 440 g/mol. The third-order valence-corrected chi connectivity index (χ3v) is 6.15. The van der Waals surface area contributed by atoms with Gasteiger partial charge in [-0.25, -0.2) is 8.42 Å². The first kappa shape index (κ1) is 24.1. The summed E-state index contributed by atoms with van der Waals surface area (Å²) in [4.78, 5) is 12.8. The molecule has 0 radical (unpaired) electrons. The topological polar surface area (TPSA) is 93.7 Å². The lowest BCUT2D eigenvalue weighted by molar-refractivity contribution is 0.0955. The van der Waals surface area contributed by atoms with E-state index in [-0.39, 0.29) is 22.1 Å². The van der Waals surface area contributed by atoms with E-state index in [1.54, 1.807) is 30.3 Å². The van der Waals surface area contributed by atoms with Crippen molar-refractivity contribution in [2.75, 3.05) is 24.5 Å². The number of amides is 1. The molecule has 0 atom stereocenters. The molecule has 0 aliphatic rings. The Hall–Kier alpha value is -3.52. The maximum absolute atomic E-state index is 13.1. The van der Waals surface area contributed by atoms with E-state index in [0.29, 0.717) is 37.7 Å². The van der Waals surface area contributed by atoms with Crippen LogP contribution in [0.15, 0.2) is 77.7 Å². The summed E-state index contributed by atoms with van der Waals surface area (Å²) in [5, 5.41) is 2.85. The quantitative estimate of drug-likeness (QED) is 0.439. The van der Waals surface area contributed by atoms with Crippen LogP contribution in [-0.4, -0.2) is 34.1 Å². The van der Waals surface area contributed by atoms with Crippen LogP contribution in [0.4, 0.5) is 5.69 Å². The zero-order valence-corrected chi connectivity index (χ0v) is 19.5. The third-order valence-electron chi connectivity index (χ3n) is 4.78. The largest absolute Gasteiger partial charge is 0.490 e. The molecule has 3 aromatic rings. The van der Waals surface area contributed by atoms with Crippen LogP contribution in [0.1, 0.15) is 29.8 Å². The molecular formula is C25H28N2O5S. The van der Waals surface area contributed by atoms with Gasteiger partial charge >= 0.3 is 0 Å². The van der Waals surface area contributed by atoms with Crippen LogP contribution in [0.2, 0.25) is 0 Å². The molecule has 0 unspecified atom stereocenters. The van der Waals surface area contributed by atoms with Gasteiger partial charge in [-0.2, -0.15) is 0 Å². The Bertz CT molecular complexity index is 1180. The highest BCUT2D eigenvalue weighted by molar-refractivity contribution is 7.92. The highest BCUT2D eigenvalue weighted by atomic mass is 32.2. The van der Waals surface area contributed by atoms with E-state index in [0.717, 1.165) is 5.56 Å². The first-order valence-corrected chi connectivity index (χ1v) is 12.3. The predicted octanol–water partition coefficient (Wildman–Crippen LogP) is 4.26. The number of benzene rings is 3. The molecule has 0 aliphatic carbocycles. The van der Waals surface area contributed by atoms with Crippen molar-refractivity contribution >= 4 is 21.6 Å². The maximum Gasteiger partial charge on any atom is 0.262 e. The molecule has 0 aliphatic heterocycles. The fraction of sp³-hybridized carbons (Fsp3) is 0.240. The number of nitrogens with one attached hydrogen (secondary N) is 2. The van der Waals surface area contributed by atoms with Crippen molar-refractivity contribution in [2.24, 2.45) is 0 Å². The Morgan fingerprint density at radius 1 is 0.848 bits per heavy atom. The molecule has 0 heterocycles. The lowest BCUT2D eigenvalue weighted by atomic mass is 10.1. The average molecular weight is 469 g/mol. The van der Waals surface area contributed by atoms with Crippen molar-refractivity contribution in [1.82, 2.24) is 5.32 Å². The Morgan fingerprint density at radius 2 is 1.52 bits per heavy atom. The number of carbonyl (C=O) groups is 1. The van der Waals surface area contributed by atoms with Gasteiger partial charge in [-0.3, -0.25) is 9.52 Å². The summed E-state index contributed by atoms with van der Waals surface area (Å²) >= 11 is 0. The van der Waals surface area contributed by atoms with E-state index in [4.69, 9.17) is 9.47 Å². The van der Waals surface area contributed by atoms with Crippen LogP contribution in [0.3, 0.4) is 0 Å². The smallest absolute Gasteiger partial charge is 0.262 e. The van der Waals surface area contributed by atoms with Crippen molar-refractivity contribution in [3.63, 3.8) is 0 Å². The zero-order valence-electron chi connectivity index (χ0n) is 18.7. The van der Waals surface area contributed by atoms with E-state index < -0.39 is 10.0 Å². The molecule has 7 nitrogen and oxygen atoms in total. The lowest BCUT2D eigenvalue weighted by Gasteiger charge is -2.15. The summed E-state index contributed by atoms with van der Waals surface area (Å²) < 4.78 is 39.7. The molecule has 0 saturated heterocycles. The molecule has 3 rings (SSSR count). The second kappa shape index (κ2) is 11.4. The summed E-state index contributed by atoms with van der Waals surface area (Å²) in [5.74, 6) is 0.455. The van der Waals surface area contributed by atoms with Gasteiger partial charge in [0.05, 0.1) is 29.4 Å². The summed E-state index contributed by atoms with van der Waals surface area (Å²) in [6.45, 7) is 4.87. The van der Waals surface area contributed by atoms with Gasteiger partial charge in [0.25, 0.3) is 15.9 Å². The molecule has 0 saturated carbocycles. The second-order valence-corrected chi connectivity index (χ2v) is 8.80. The van der Waals surface area contributed by atoms with Gasteiger partial charge < -0.3 is 14.8 Å². The molecule has 2 N–H and O–H groups in total. The minimum Gasteiger partial charge on any atom is -0.490 e. The van der Waals surface area contributed by atoms with Crippen molar-refractivity contribution < 1.29 is 22.7 Å². The molecule has 3 aromatic carbocycles. The van der Waals surface area contributed by atoms with Crippen LogP contribution in [-0.2, 0) is 16.4 Å². The Balaban J connectivity index is 1.76. The van der Waals surface area contributed by atoms with Gasteiger partial charge in [0.1, 0.15) is 0 Å². The molecule has 1 amide bonds. The Kier molecular flexibility index (Phi) is 8.32. The van der Waals surface area contributed by atoms with Crippen LogP contribution < -0.4 is 19.5 Å². The van der Waals surface area contributed by atoms with Gasteiger partial charge in [-0.1, -0.05) is 42.5 Å². The van der Waals surface area contributed by atoms with Crippen LogP contribution in [0, 0.1) is 0 Å². The number of hydrogen-bond donors (Lipinski definition) is 2. The molecule has 0 fully saturated rings. The first-order chi connectivity index (χ1) is 15.9. The Labute approximate surface area is 194 Å². The van der Waals surface area contributed by atoms with Crippen molar-refractivity contribution in [3.05, 3.63) is 83.9 Å². The number of rotatable bonds is 11. The van der Waals surface area contributed by atoms with Gasteiger partial charge in [0.15, 0.2) is 11.5 Å². The van der Waals surface area contributed by atoms with Crippen molar-refractivity contribution in [2.45, 2.75) is 25.2 Å². The van der Waals surface area contributed by atoms with Crippen molar-refractivity contribution in [3.8, 4) is 11.5 Å². The first-order valence-electron chi connectivity index (χ1n) is 10.8. The normalized spacial score (nSPS) is 11.0. The van der Waals surface area contributed by atoms with Gasteiger partial charge in [0, 0.05) is 12.6 Å². The second-order valence-electron chi connectivity index (χ2n) is 7.12. The number of sulfonamides is 1. The van der Waals surface area contributed by atoms with E-state index in [1.165, 1.54) is 12.1 Å². The summed E-state index contributed by atoms with van der Waals surface area (Å²) in [6, 6.07) is 20.7. The summed E-state index contributed by atoms with van der Waals surface area (Å²) in [5.41, 5.74) is 1.54. The minimum absolute atomic E-state index is 0.00805. The van der Waals surface area contributed by atoms with E-state index in [9.17, 15) is 13.2 Å². The predicted molar refractivity (Wildman–Crippen MR) is 129 cm³/mol. The number of ether oxygens (including phenoxy) is 2. The number of anilines is 1. The summed E-state index contributed by atoms with van der Waals surface area (Å²) in [6.07, 6.45) is 0.673. The fourth-order valence-electron chi connectivity index (χ4n) is 3.23. The van der Waals surface area contributed by atoms with E-state index >= 15 is 0 Å². The van der Waals surface area contributed by atoms with Crippen LogP contribution >= 0.6 is 0 Å². The highest BCUT2D eigenvalue weighted by Crippen LogP contribution is 2.31. The molecule has 33 heavy (non-hydrogen) atoms. The standard InChI is InChI=1S/C25H28N2O5S/c1-3-31-23-15-14-20(18-24(23)32-4-2)33(29,30)27-22-13-9-8-12-21(22)25(28)26-17-16-19-10-6-5-7-11-19/h5-15,18,27H,3-4,16-17H2,1-2H3,(H,26,28). The fourth-order valence-corrected chi connectivity index (χ4v) is 4.33. The number of carbonyl (C=O) groups excluding carboxylic acids is 1. The Morgan fingerprint density at radius 3 is 2.24 bits per heavy atom. The van der Waals surface area contributed by atoms with Gasteiger partial charge in [0.2, 0.25) is 0 Å². The van der Waals surface area contributed by atoms with Gasteiger partial charge in [-0.15, -0.1) is 0 Å². The van der Waals surface area contributed by atoms with Crippen molar-refractivity contribution in [1.29, 1.82) is 0 Å². The number of para-hydroxylation sites is 1. The van der Waals surface area contributed by atoms with Crippen LogP contribution in [0.25, 0.3) is 0 Å². The third kappa shape index (κ3) is 6.49. The average Bonchev–Trinajstić information content (AvgIpc) is 2.81. The van der Waals surface area contributed by atoms with E-state index in [1.807, 2.05) is 44.2 Å². The molecule has 174 valence electrons. The number of hydrogen-bond acceptors (Lipinski definition) is 5. The minimum atomic E-state index is -3.97. The molecule has 0 aromatic heterocycles. The molecule has 8 heteroatoms. The monoisotopic (exact) mass is 468 g/mol. The highest BCUT2D eigenvalue weighted by Gasteiger charge is 2.20. The molecule has 0 bridgehead atoms. The van der Waals surface area contributed by atoms with E-state index in [2.05, 4.69) is 10.0 Å².